The third kappa shape index (κ3) is 1.59. The van der Waals surface area contributed by atoms with Crippen LogP contribution in [0.2, 0.25) is 0 Å². The number of rotatable bonds is 2. The van der Waals surface area contributed by atoms with Crippen molar-refractivity contribution in [3.05, 3.63) is 35.9 Å². The van der Waals surface area contributed by atoms with Crippen molar-refractivity contribution >= 4 is 11.5 Å². The highest BCUT2D eigenvalue weighted by Gasteiger charge is 2.24. The zero-order valence-electron chi connectivity index (χ0n) is 9.26. The first-order chi connectivity index (χ1) is 8.27. The third-order valence-electron chi connectivity index (χ3n) is 3.15. The number of imidazole rings is 1. The van der Waals surface area contributed by atoms with Gasteiger partial charge in [0, 0.05) is 6.20 Å². The third-order valence-corrected chi connectivity index (χ3v) is 3.15. The largest absolute Gasteiger partial charge is 0.476 e. The monoisotopic (exact) mass is 231 g/mol. The van der Waals surface area contributed by atoms with Crippen LogP contribution in [0.25, 0.3) is 5.52 Å². The number of aromatic carboxylic acids is 1. The minimum Gasteiger partial charge on any atom is -0.476 e. The van der Waals surface area contributed by atoms with E-state index in [0.29, 0.717) is 5.52 Å². The van der Waals surface area contributed by atoms with Gasteiger partial charge in [-0.05, 0) is 31.5 Å². The van der Waals surface area contributed by atoms with Crippen LogP contribution in [0.1, 0.15) is 35.2 Å². The molecule has 88 valence electrons. The highest BCUT2D eigenvalue weighted by atomic mass is 16.4. The van der Waals surface area contributed by atoms with Crippen molar-refractivity contribution in [2.75, 3.05) is 6.54 Å². The fourth-order valence-corrected chi connectivity index (χ4v) is 2.37. The van der Waals surface area contributed by atoms with Crippen LogP contribution in [0.15, 0.2) is 24.4 Å². The van der Waals surface area contributed by atoms with Crippen molar-refractivity contribution in [1.82, 2.24) is 14.7 Å². The molecule has 1 aliphatic heterocycles. The van der Waals surface area contributed by atoms with Gasteiger partial charge in [-0.15, -0.1) is 0 Å². The smallest absolute Gasteiger partial charge is 0.356 e. The van der Waals surface area contributed by atoms with Crippen LogP contribution in [-0.4, -0.2) is 27.0 Å². The van der Waals surface area contributed by atoms with Gasteiger partial charge in [0.15, 0.2) is 5.69 Å². The van der Waals surface area contributed by atoms with E-state index in [2.05, 4.69) is 10.3 Å². The molecule has 2 aromatic rings. The molecule has 0 aliphatic carbocycles. The predicted octanol–water partition coefficient (Wildman–Crippen LogP) is 1.46. The highest BCUT2D eigenvalue weighted by Crippen LogP contribution is 2.24. The van der Waals surface area contributed by atoms with E-state index in [1.165, 1.54) is 0 Å². The van der Waals surface area contributed by atoms with E-state index in [0.717, 1.165) is 25.2 Å². The van der Waals surface area contributed by atoms with Gasteiger partial charge in [0.1, 0.15) is 5.82 Å². The van der Waals surface area contributed by atoms with E-state index in [-0.39, 0.29) is 11.7 Å². The maximum Gasteiger partial charge on any atom is 0.356 e. The summed E-state index contributed by atoms with van der Waals surface area (Å²) in [7, 11) is 0. The van der Waals surface area contributed by atoms with E-state index in [1.807, 2.05) is 22.7 Å². The van der Waals surface area contributed by atoms with Crippen molar-refractivity contribution < 1.29 is 9.90 Å². The van der Waals surface area contributed by atoms with Crippen LogP contribution in [0, 0.1) is 0 Å². The van der Waals surface area contributed by atoms with Crippen molar-refractivity contribution in [3.63, 3.8) is 0 Å². The Kier molecular flexibility index (Phi) is 2.33. The summed E-state index contributed by atoms with van der Waals surface area (Å²) in [6.07, 6.45) is 3.98. The Morgan fingerprint density at radius 3 is 3.12 bits per heavy atom. The fourth-order valence-electron chi connectivity index (χ4n) is 2.37. The second-order valence-electron chi connectivity index (χ2n) is 4.23. The molecule has 3 rings (SSSR count). The van der Waals surface area contributed by atoms with Gasteiger partial charge in [-0.1, -0.05) is 6.07 Å². The Hall–Kier alpha value is -1.88. The molecule has 0 saturated carbocycles. The molecule has 0 bridgehead atoms. The Morgan fingerprint density at radius 2 is 2.41 bits per heavy atom. The zero-order valence-corrected chi connectivity index (χ0v) is 9.26. The lowest BCUT2D eigenvalue weighted by atomic mass is 10.2. The molecule has 5 nitrogen and oxygen atoms in total. The molecular formula is C12H13N3O2. The summed E-state index contributed by atoms with van der Waals surface area (Å²) >= 11 is 0. The number of carboxylic acid groups (broad SMARTS) is 1. The average molecular weight is 231 g/mol. The molecule has 1 fully saturated rings. The average Bonchev–Trinajstić information content (AvgIpc) is 2.95. The summed E-state index contributed by atoms with van der Waals surface area (Å²) in [5.74, 6) is -0.173. The number of carbonyl (C=O) groups is 1. The molecule has 0 radical (unpaired) electrons. The molecule has 17 heavy (non-hydrogen) atoms. The number of fused-ring (bicyclic) bond motifs is 1. The minimum absolute atomic E-state index is 0.134. The second kappa shape index (κ2) is 3.85. The number of hydrogen-bond donors (Lipinski definition) is 2. The van der Waals surface area contributed by atoms with E-state index in [1.54, 1.807) is 6.07 Å². The molecule has 1 saturated heterocycles. The highest BCUT2D eigenvalue weighted by molar-refractivity contribution is 5.93. The Balaban J connectivity index is 2.20. The molecule has 3 heterocycles. The molecule has 5 heteroatoms. The summed E-state index contributed by atoms with van der Waals surface area (Å²) in [5, 5.41) is 12.5. The topological polar surface area (TPSA) is 66.6 Å². The molecule has 0 amide bonds. The van der Waals surface area contributed by atoms with Gasteiger partial charge >= 0.3 is 5.97 Å². The van der Waals surface area contributed by atoms with Gasteiger partial charge in [-0.3, -0.25) is 0 Å². The summed E-state index contributed by atoms with van der Waals surface area (Å²) in [6, 6.07) is 5.67. The summed E-state index contributed by atoms with van der Waals surface area (Å²) in [6.45, 7) is 0.967. The lowest BCUT2D eigenvalue weighted by Crippen LogP contribution is -2.15. The van der Waals surface area contributed by atoms with Crippen LogP contribution in [-0.2, 0) is 0 Å². The maximum absolute atomic E-state index is 11.1. The number of hydrogen-bond acceptors (Lipinski definition) is 3. The van der Waals surface area contributed by atoms with Crippen molar-refractivity contribution in [1.29, 1.82) is 0 Å². The Morgan fingerprint density at radius 1 is 1.53 bits per heavy atom. The number of carboxylic acids is 1. The van der Waals surface area contributed by atoms with E-state index < -0.39 is 5.97 Å². The molecule has 2 N–H and O–H groups in total. The zero-order chi connectivity index (χ0) is 11.8. The second-order valence-corrected chi connectivity index (χ2v) is 4.23. The molecule has 0 spiro atoms. The van der Waals surface area contributed by atoms with Gasteiger partial charge < -0.3 is 14.8 Å². The molecule has 0 aromatic carbocycles. The van der Waals surface area contributed by atoms with Crippen LogP contribution in [0.3, 0.4) is 0 Å². The fraction of sp³-hybridized carbons (Fsp3) is 0.333. The molecule has 0 unspecified atom stereocenters. The van der Waals surface area contributed by atoms with E-state index >= 15 is 0 Å². The van der Waals surface area contributed by atoms with Crippen molar-refractivity contribution in [2.24, 2.45) is 0 Å². The van der Waals surface area contributed by atoms with Gasteiger partial charge in [0.05, 0.1) is 11.6 Å². The number of aromatic nitrogens is 2. The van der Waals surface area contributed by atoms with E-state index in [9.17, 15) is 4.79 Å². The lowest BCUT2D eigenvalue weighted by molar-refractivity contribution is 0.0693. The first-order valence-electron chi connectivity index (χ1n) is 5.71. The van der Waals surface area contributed by atoms with Gasteiger partial charge in [0.25, 0.3) is 0 Å². The lowest BCUT2D eigenvalue weighted by Gasteiger charge is -2.08. The van der Waals surface area contributed by atoms with Gasteiger partial charge in [-0.25, -0.2) is 9.78 Å². The van der Waals surface area contributed by atoms with Crippen molar-refractivity contribution in [2.45, 2.75) is 18.9 Å². The minimum atomic E-state index is -0.974. The summed E-state index contributed by atoms with van der Waals surface area (Å²) in [5.41, 5.74) is 0.790. The molecule has 2 aromatic heterocycles. The molecule has 1 atom stereocenters. The SMILES string of the molecule is O=C(O)c1nc([C@@H]2CCCN2)n2ccccc12. The Labute approximate surface area is 98.1 Å². The maximum atomic E-state index is 11.1. The van der Waals surface area contributed by atoms with Gasteiger partial charge in [0.2, 0.25) is 0 Å². The van der Waals surface area contributed by atoms with Gasteiger partial charge in [-0.2, -0.15) is 0 Å². The normalized spacial score (nSPS) is 19.9. The molecular weight excluding hydrogens is 218 g/mol. The van der Waals surface area contributed by atoms with Crippen molar-refractivity contribution in [3.8, 4) is 0 Å². The van der Waals surface area contributed by atoms with E-state index in [4.69, 9.17) is 5.11 Å². The standard InChI is InChI=1S/C12H13N3O2/c16-12(17)10-9-5-1-2-7-15(9)11(14-10)8-4-3-6-13-8/h1-2,5,7-8,13H,3-4,6H2,(H,16,17)/t8-/m0/s1. The summed E-state index contributed by atoms with van der Waals surface area (Å²) in [4.78, 5) is 15.4. The molecule has 1 aliphatic rings. The van der Waals surface area contributed by atoms with Crippen LogP contribution < -0.4 is 5.32 Å². The van der Waals surface area contributed by atoms with Crippen LogP contribution in [0.4, 0.5) is 0 Å². The number of nitrogens with zero attached hydrogens (tertiary/aromatic N) is 2. The quantitative estimate of drug-likeness (QED) is 0.821. The first kappa shape index (κ1) is 10.3. The van der Waals surface area contributed by atoms with Crippen LogP contribution >= 0.6 is 0 Å². The predicted molar refractivity (Wildman–Crippen MR) is 62.1 cm³/mol. The first-order valence-corrected chi connectivity index (χ1v) is 5.71. The van der Waals surface area contributed by atoms with Crippen LogP contribution in [0.5, 0.6) is 0 Å². The Bertz CT molecular complexity index is 570. The number of nitrogens with one attached hydrogen (secondary N) is 1. The summed E-state index contributed by atoms with van der Waals surface area (Å²) < 4.78 is 1.87. The number of pyridine rings is 1.